The first-order valence-electron chi connectivity index (χ1n) is 5.47. The molecular formula is C13H9N4+. The number of fused-ring (bicyclic) bond motifs is 4. The van der Waals surface area contributed by atoms with Gasteiger partial charge in [0.15, 0.2) is 5.52 Å². The average Bonchev–Trinajstić information content (AvgIpc) is 2.73. The summed E-state index contributed by atoms with van der Waals surface area (Å²) >= 11 is 0. The molecule has 3 aromatic heterocycles. The zero-order valence-corrected chi connectivity index (χ0v) is 8.96. The minimum absolute atomic E-state index is 0.815. The van der Waals surface area contributed by atoms with E-state index in [1.807, 2.05) is 53.1 Å². The molecule has 1 N–H and O–H groups in total. The highest BCUT2D eigenvalue weighted by Crippen LogP contribution is 2.13. The Hall–Kier alpha value is -2.49. The number of aromatic amines is 1. The lowest BCUT2D eigenvalue weighted by Crippen LogP contribution is -2.19. The molecule has 3 heterocycles. The number of H-pyrrole nitrogens is 1. The molecule has 0 aliphatic heterocycles. The Labute approximate surface area is 96.6 Å². The summed E-state index contributed by atoms with van der Waals surface area (Å²) in [4.78, 5) is 12.5. The van der Waals surface area contributed by atoms with Crippen LogP contribution < -0.4 is 4.40 Å². The zero-order chi connectivity index (χ0) is 11.2. The van der Waals surface area contributed by atoms with Crippen molar-refractivity contribution in [2.45, 2.75) is 0 Å². The molecule has 0 aliphatic rings. The van der Waals surface area contributed by atoms with Crippen molar-refractivity contribution in [2.24, 2.45) is 0 Å². The Morgan fingerprint density at radius 3 is 2.53 bits per heavy atom. The number of benzene rings is 1. The number of imidazole rings is 1. The topological polar surface area (TPSA) is 45.7 Å². The van der Waals surface area contributed by atoms with E-state index < -0.39 is 0 Å². The second kappa shape index (κ2) is 3.01. The highest BCUT2D eigenvalue weighted by Gasteiger charge is 2.14. The second-order valence-corrected chi connectivity index (χ2v) is 3.97. The maximum atomic E-state index is 4.64. The van der Waals surface area contributed by atoms with Crippen molar-refractivity contribution in [3.8, 4) is 0 Å². The van der Waals surface area contributed by atoms with Crippen LogP contribution in [0.15, 0.2) is 48.7 Å². The fourth-order valence-corrected chi connectivity index (χ4v) is 2.09. The highest BCUT2D eigenvalue weighted by atomic mass is 15.1. The van der Waals surface area contributed by atoms with Gasteiger partial charge >= 0.3 is 5.65 Å². The van der Waals surface area contributed by atoms with Crippen LogP contribution in [0.5, 0.6) is 0 Å². The van der Waals surface area contributed by atoms with Gasteiger partial charge < -0.3 is 0 Å². The maximum Gasteiger partial charge on any atom is 0.327 e. The van der Waals surface area contributed by atoms with Crippen LogP contribution in [-0.4, -0.2) is 15.0 Å². The first-order valence-corrected chi connectivity index (χ1v) is 5.47. The average molecular weight is 221 g/mol. The Balaban J connectivity index is 2.28. The van der Waals surface area contributed by atoms with Crippen LogP contribution in [0.2, 0.25) is 0 Å². The molecule has 0 saturated heterocycles. The zero-order valence-electron chi connectivity index (χ0n) is 8.96. The minimum Gasteiger partial charge on any atom is -0.251 e. The lowest BCUT2D eigenvalue weighted by Gasteiger charge is -1.90. The lowest BCUT2D eigenvalue weighted by molar-refractivity contribution is -0.483. The normalized spacial score (nSPS) is 11.5. The number of nitrogens with zero attached hydrogens (tertiary/aromatic N) is 3. The van der Waals surface area contributed by atoms with Gasteiger partial charge in [-0.1, -0.05) is 23.2 Å². The molecule has 0 saturated carbocycles. The van der Waals surface area contributed by atoms with Crippen molar-refractivity contribution in [1.29, 1.82) is 0 Å². The fourth-order valence-electron chi connectivity index (χ4n) is 2.09. The third-order valence-electron chi connectivity index (χ3n) is 2.89. The van der Waals surface area contributed by atoms with E-state index in [-0.39, 0.29) is 0 Å². The Kier molecular flexibility index (Phi) is 1.53. The third-order valence-corrected chi connectivity index (χ3v) is 2.89. The molecule has 0 amide bonds. The van der Waals surface area contributed by atoms with Crippen molar-refractivity contribution >= 4 is 28.0 Å². The molecule has 1 aromatic carbocycles. The van der Waals surface area contributed by atoms with Crippen LogP contribution in [0, 0.1) is 0 Å². The number of hydrogen-bond donors (Lipinski definition) is 1. The molecule has 4 rings (SSSR count). The molecule has 0 fully saturated rings. The molecule has 0 aliphatic carbocycles. The summed E-state index contributed by atoms with van der Waals surface area (Å²) in [5.41, 5.74) is 4.50. The predicted molar refractivity (Wildman–Crippen MR) is 64.6 cm³/mol. The quantitative estimate of drug-likeness (QED) is 0.460. The van der Waals surface area contributed by atoms with Gasteiger partial charge in [0.05, 0.1) is 6.20 Å². The van der Waals surface area contributed by atoms with Gasteiger partial charge in [-0.15, -0.1) is 0 Å². The molecular weight excluding hydrogens is 212 g/mol. The van der Waals surface area contributed by atoms with Gasteiger partial charge in [-0.25, -0.2) is 4.98 Å². The Bertz CT molecular complexity index is 842. The number of rotatable bonds is 0. The number of nitrogens with one attached hydrogen (secondary N) is 1. The van der Waals surface area contributed by atoms with E-state index >= 15 is 0 Å². The lowest BCUT2D eigenvalue weighted by atomic mass is 10.3. The number of aromatic nitrogens is 4. The summed E-state index contributed by atoms with van der Waals surface area (Å²) in [5, 5.41) is 0. The van der Waals surface area contributed by atoms with E-state index in [1.165, 1.54) is 0 Å². The summed E-state index contributed by atoms with van der Waals surface area (Å²) in [5.74, 6) is 0. The van der Waals surface area contributed by atoms with Gasteiger partial charge in [-0.3, -0.25) is 4.98 Å². The predicted octanol–water partition coefficient (Wildman–Crippen LogP) is 1.85. The van der Waals surface area contributed by atoms with E-state index in [2.05, 4.69) is 15.0 Å². The molecule has 4 heteroatoms. The summed E-state index contributed by atoms with van der Waals surface area (Å²) < 4.78 is 2.01. The fraction of sp³-hybridized carbons (Fsp3) is 0. The smallest absolute Gasteiger partial charge is 0.251 e. The number of para-hydroxylation sites is 2. The van der Waals surface area contributed by atoms with Crippen LogP contribution in [0.4, 0.5) is 0 Å². The van der Waals surface area contributed by atoms with E-state index in [0.717, 1.165) is 28.0 Å². The molecule has 0 unspecified atom stereocenters. The summed E-state index contributed by atoms with van der Waals surface area (Å²) in [6.45, 7) is 0. The van der Waals surface area contributed by atoms with Gasteiger partial charge in [-0.05, 0) is 18.2 Å². The largest absolute Gasteiger partial charge is 0.327 e. The second-order valence-electron chi connectivity index (χ2n) is 3.97. The number of hydrogen-bond acceptors (Lipinski definition) is 2. The molecule has 17 heavy (non-hydrogen) atoms. The highest BCUT2D eigenvalue weighted by molar-refractivity contribution is 5.82. The van der Waals surface area contributed by atoms with Gasteiger partial charge in [0.2, 0.25) is 5.65 Å². The summed E-state index contributed by atoms with van der Waals surface area (Å²) in [6, 6.07) is 13.9. The molecule has 4 nitrogen and oxygen atoms in total. The molecule has 0 spiro atoms. The summed E-state index contributed by atoms with van der Waals surface area (Å²) in [7, 11) is 0. The van der Waals surface area contributed by atoms with Crippen LogP contribution >= 0.6 is 0 Å². The third kappa shape index (κ3) is 1.15. The standard InChI is InChI=1S/C13H8N4/c1-2-6-10-9(5-1)14-12-13(15-10)17-8-4-3-7-11(17)16-12/h1-8H/p+1. The van der Waals surface area contributed by atoms with Crippen molar-refractivity contribution in [1.82, 2.24) is 15.0 Å². The van der Waals surface area contributed by atoms with Gasteiger partial charge in [-0.2, -0.15) is 4.40 Å². The summed E-state index contributed by atoms with van der Waals surface area (Å²) in [6.07, 6.45) is 1.98. The van der Waals surface area contributed by atoms with Crippen LogP contribution in [0.25, 0.3) is 28.0 Å². The van der Waals surface area contributed by atoms with Gasteiger partial charge in [0.25, 0.3) is 5.65 Å². The van der Waals surface area contributed by atoms with Gasteiger partial charge in [0.1, 0.15) is 5.52 Å². The van der Waals surface area contributed by atoms with Crippen LogP contribution in [0.3, 0.4) is 0 Å². The molecule has 0 atom stereocenters. The van der Waals surface area contributed by atoms with Crippen molar-refractivity contribution in [3.05, 3.63) is 48.7 Å². The van der Waals surface area contributed by atoms with E-state index in [1.54, 1.807) is 0 Å². The van der Waals surface area contributed by atoms with E-state index in [4.69, 9.17) is 0 Å². The SMILES string of the molecule is c1ccc2nc3c(nc2c1)[nH]c1cccc[n+]13. The molecule has 0 radical (unpaired) electrons. The van der Waals surface area contributed by atoms with Gasteiger partial charge in [0, 0.05) is 6.07 Å². The molecule has 4 aromatic rings. The molecule has 0 bridgehead atoms. The van der Waals surface area contributed by atoms with E-state index in [0.29, 0.717) is 0 Å². The molecule has 80 valence electrons. The van der Waals surface area contributed by atoms with Crippen molar-refractivity contribution in [3.63, 3.8) is 0 Å². The first kappa shape index (κ1) is 8.64. The Morgan fingerprint density at radius 1 is 0.882 bits per heavy atom. The Morgan fingerprint density at radius 2 is 1.65 bits per heavy atom. The minimum atomic E-state index is 0.815. The van der Waals surface area contributed by atoms with Crippen molar-refractivity contribution in [2.75, 3.05) is 0 Å². The maximum absolute atomic E-state index is 4.64. The van der Waals surface area contributed by atoms with Crippen LogP contribution in [-0.2, 0) is 0 Å². The van der Waals surface area contributed by atoms with E-state index in [9.17, 15) is 0 Å². The first-order chi connectivity index (χ1) is 8.42. The number of pyridine rings is 1. The van der Waals surface area contributed by atoms with Crippen molar-refractivity contribution < 1.29 is 4.40 Å². The monoisotopic (exact) mass is 221 g/mol. The van der Waals surface area contributed by atoms with Crippen LogP contribution in [0.1, 0.15) is 0 Å².